The molecule has 1 unspecified atom stereocenters. The van der Waals surface area contributed by atoms with Crippen molar-refractivity contribution in [3.8, 4) is 0 Å². The molecule has 3 rings (SSSR count). The van der Waals surface area contributed by atoms with Crippen LogP contribution in [0.1, 0.15) is 18.2 Å². The lowest BCUT2D eigenvalue weighted by molar-refractivity contribution is 0.561. The second kappa shape index (κ2) is 5.31. The summed E-state index contributed by atoms with van der Waals surface area (Å²) in [5.74, 6) is 0.673. The number of anilines is 2. The number of nitrogens with zero attached hydrogens (tertiary/aromatic N) is 2. The number of benzene rings is 1. The van der Waals surface area contributed by atoms with E-state index in [-0.39, 0.29) is 0 Å². The molecule has 0 spiro atoms. The van der Waals surface area contributed by atoms with Crippen molar-refractivity contribution in [1.29, 1.82) is 0 Å². The van der Waals surface area contributed by atoms with Gasteiger partial charge in [0.2, 0.25) is 0 Å². The van der Waals surface area contributed by atoms with Crippen LogP contribution in [0.25, 0.3) is 0 Å². The first kappa shape index (κ1) is 12.6. The van der Waals surface area contributed by atoms with Gasteiger partial charge in [-0.05, 0) is 31.0 Å². The first-order valence-corrected chi connectivity index (χ1v) is 7.60. The van der Waals surface area contributed by atoms with Crippen LogP contribution < -0.4 is 10.2 Å². The summed E-state index contributed by atoms with van der Waals surface area (Å²) in [5, 5.41) is 6.42. The van der Waals surface area contributed by atoms with Crippen molar-refractivity contribution in [2.45, 2.75) is 19.9 Å². The predicted molar refractivity (Wildman–Crippen MR) is 81.2 cm³/mol. The molecule has 1 aliphatic rings. The largest absolute Gasteiger partial charge is 0.317 e. The van der Waals surface area contributed by atoms with Crippen LogP contribution in [-0.2, 0) is 13.0 Å². The van der Waals surface area contributed by atoms with E-state index in [1.165, 1.54) is 17.7 Å². The van der Waals surface area contributed by atoms with Crippen molar-refractivity contribution in [2.24, 2.45) is 5.92 Å². The van der Waals surface area contributed by atoms with Gasteiger partial charge in [0.15, 0.2) is 5.13 Å². The molecule has 0 aliphatic carbocycles. The zero-order chi connectivity index (χ0) is 13.2. The van der Waals surface area contributed by atoms with Crippen LogP contribution in [-0.4, -0.2) is 18.6 Å². The summed E-state index contributed by atoms with van der Waals surface area (Å²) in [4.78, 5) is 7.11. The minimum Gasteiger partial charge on any atom is -0.317 e. The van der Waals surface area contributed by atoms with E-state index in [2.05, 4.69) is 46.8 Å². The van der Waals surface area contributed by atoms with Gasteiger partial charge < -0.3 is 10.2 Å². The highest BCUT2D eigenvalue weighted by Crippen LogP contribution is 2.36. The van der Waals surface area contributed by atoms with Gasteiger partial charge in [-0.1, -0.05) is 25.1 Å². The minimum atomic E-state index is 0.673. The summed E-state index contributed by atoms with van der Waals surface area (Å²) in [6.45, 7) is 4.20. The van der Waals surface area contributed by atoms with E-state index >= 15 is 0 Å². The lowest BCUT2D eigenvalue weighted by atomic mass is 9.94. The summed E-state index contributed by atoms with van der Waals surface area (Å²) in [6, 6.07) is 8.69. The van der Waals surface area contributed by atoms with E-state index in [1.54, 1.807) is 11.3 Å². The highest BCUT2D eigenvalue weighted by molar-refractivity contribution is 7.13. The number of para-hydroxylation sites is 1. The third-order valence-electron chi connectivity index (χ3n) is 3.47. The topological polar surface area (TPSA) is 28.2 Å². The second-order valence-electron chi connectivity index (χ2n) is 5.20. The molecule has 0 saturated heterocycles. The summed E-state index contributed by atoms with van der Waals surface area (Å²) in [6.07, 6.45) is 1.17. The van der Waals surface area contributed by atoms with Crippen LogP contribution >= 0.6 is 11.3 Å². The Morgan fingerprint density at radius 1 is 1.42 bits per heavy atom. The fourth-order valence-corrected chi connectivity index (χ4v) is 3.51. The molecule has 1 aromatic carbocycles. The maximum Gasteiger partial charge on any atom is 0.190 e. The van der Waals surface area contributed by atoms with Gasteiger partial charge in [0.25, 0.3) is 0 Å². The molecule has 0 saturated carbocycles. The summed E-state index contributed by atoms with van der Waals surface area (Å²) in [7, 11) is 1.96. The van der Waals surface area contributed by atoms with Crippen LogP contribution in [0.5, 0.6) is 0 Å². The summed E-state index contributed by atoms with van der Waals surface area (Å²) in [5.41, 5.74) is 3.88. The lowest BCUT2D eigenvalue weighted by Gasteiger charge is -2.32. The molecule has 1 atom stereocenters. The van der Waals surface area contributed by atoms with Gasteiger partial charge in [0, 0.05) is 24.2 Å². The van der Waals surface area contributed by atoms with Gasteiger partial charge in [0.1, 0.15) is 0 Å². The van der Waals surface area contributed by atoms with Crippen molar-refractivity contribution in [3.63, 3.8) is 0 Å². The zero-order valence-corrected chi connectivity index (χ0v) is 12.2. The molecule has 100 valence electrons. The number of nitrogens with one attached hydrogen (secondary N) is 1. The van der Waals surface area contributed by atoms with Crippen molar-refractivity contribution < 1.29 is 0 Å². The van der Waals surface area contributed by atoms with Crippen LogP contribution in [0.3, 0.4) is 0 Å². The molecule has 3 nitrogen and oxygen atoms in total. The first-order chi connectivity index (χ1) is 9.28. The molecular formula is C15H19N3S. The monoisotopic (exact) mass is 273 g/mol. The van der Waals surface area contributed by atoms with E-state index in [1.807, 2.05) is 7.05 Å². The van der Waals surface area contributed by atoms with Gasteiger partial charge in [-0.2, -0.15) is 0 Å². The number of hydrogen-bond donors (Lipinski definition) is 1. The average molecular weight is 273 g/mol. The summed E-state index contributed by atoms with van der Waals surface area (Å²) < 4.78 is 0. The Hall–Kier alpha value is -1.39. The fourth-order valence-electron chi connectivity index (χ4n) is 2.66. The van der Waals surface area contributed by atoms with Crippen molar-refractivity contribution in [2.75, 3.05) is 18.5 Å². The van der Waals surface area contributed by atoms with Crippen LogP contribution in [0.15, 0.2) is 29.6 Å². The number of thiazole rings is 1. The van der Waals surface area contributed by atoms with E-state index in [4.69, 9.17) is 4.98 Å². The predicted octanol–water partition coefficient (Wildman–Crippen LogP) is 3.19. The smallest absolute Gasteiger partial charge is 0.190 e. The molecule has 1 aromatic heterocycles. The number of aromatic nitrogens is 1. The zero-order valence-electron chi connectivity index (χ0n) is 11.4. The van der Waals surface area contributed by atoms with E-state index < -0.39 is 0 Å². The number of rotatable bonds is 3. The Balaban J connectivity index is 1.95. The number of fused-ring (bicyclic) bond motifs is 1. The molecular weight excluding hydrogens is 254 g/mol. The maximum absolute atomic E-state index is 4.74. The fraction of sp³-hybridized carbons (Fsp3) is 0.400. The SMILES string of the molecule is CNCc1csc(N2CC(C)Cc3ccccc32)n1. The van der Waals surface area contributed by atoms with Crippen LogP contribution in [0.4, 0.5) is 10.8 Å². The maximum atomic E-state index is 4.74. The Labute approximate surface area is 118 Å². The molecule has 0 bridgehead atoms. The second-order valence-corrected chi connectivity index (χ2v) is 6.04. The van der Waals surface area contributed by atoms with Gasteiger partial charge in [-0.25, -0.2) is 4.98 Å². The summed E-state index contributed by atoms with van der Waals surface area (Å²) >= 11 is 1.74. The number of hydrogen-bond acceptors (Lipinski definition) is 4. The normalized spacial score (nSPS) is 18.4. The Bertz CT molecular complexity index is 564. The molecule has 19 heavy (non-hydrogen) atoms. The minimum absolute atomic E-state index is 0.673. The van der Waals surface area contributed by atoms with Crippen molar-refractivity contribution in [1.82, 2.24) is 10.3 Å². The Kier molecular flexibility index (Phi) is 3.53. The molecule has 1 N–H and O–H groups in total. The Morgan fingerprint density at radius 2 is 2.26 bits per heavy atom. The third-order valence-corrected chi connectivity index (χ3v) is 4.39. The molecule has 0 amide bonds. The van der Waals surface area contributed by atoms with Crippen molar-refractivity contribution >= 4 is 22.2 Å². The average Bonchev–Trinajstić information content (AvgIpc) is 2.86. The molecule has 4 heteroatoms. The van der Waals surface area contributed by atoms with Crippen LogP contribution in [0, 0.1) is 5.92 Å². The standard InChI is InChI=1S/C15H19N3S/c1-11-7-12-5-3-4-6-14(12)18(9-11)15-17-13(8-16-2)10-19-15/h3-6,10-11,16H,7-9H2,1-2H3. The molecule has 0 radical (unpaired) electrons. The van der Waals surface area contributed by atoms with Gasteiger partial charge in [-0.3, -0.25) is 0 Å². The van der Waals surface area contributed by atoms with Crippen LogP contribution in [0.2, 0.25) is 0 Å². The lowest BCUT2D eigenvalue weighted by Crippen LogP contribution is -2.30. The highest BCUT2D eigenvalue weighted by atomic mass is 32.1. The van der Waals surface area contributed by atoms with Gasteiger partial charge >= 0.3 is 0 Å². The van der Waals surface area contributed by atoms with E-state index in [0.717, 1.165) is 23.9 Å². The van der Waals surface area contributed by atoms with Gasteiger partial charge in [-0.15, -0.1) is 11.3 Å². The van der Waals surface area contributed by atoms with Crippen molar-refractivity contribution in [3.05, 3.63) is 40.9 Å². The quantitative estimate of drug-likeness (QED) is 0.931. The first-order valence-electron chi connectivity index (χ1n) is 6.72. The highest BCUT2D eigenvalue weighted by Gasteiger charge is 2.24. The molecule has 0 fully saturated rings. The van der Waals surface area contributed by atoms with Gasteiger partial charge in [0.05, 0.1) is 5.69 Å². The third kappa shape index (κ3) is 2.51. The Morgan fingerprint density at radius 3 is 3.11 bits per heavy atom. The van der Waals surface area contributed by atoms with E-state index in [9.17, 15) is 0 Å². The molecule has 2 aromatic rings. The van der Waals surface area contributed by atoms with E-state index in [0.29, 0.717) is 5.92 Å². The molecule has 1 aliphatic heterocycles. The molecule has 2 heterocycles.